The molecule has 1 aromatic heterocycles. The molecule has 1 aromatic carbocycles. The van der Waals surface area contributed by atoms with Crippen LogP contribution in [0.2, 0.25) is 0 Å². The summed E-state index contributed by atoms with van der Waals surface area (Å²) < 4.78 is 5.47. The van der Waals surface area contributed by atoms with E-state index in [2.05, 4.69) is 10.6 Å². The van der Waals surface area contributed by atoms with Crippen LogP contribution in [-0.4, -0.2) is 24.5 Å². The summed E-state index contributed by atoms with van der Waals surface area (Å²) in [5.74, 6) is -0.297. The van der Waals surface area contributed by atoms with Crippen molar-refractivity contribution in [3.63, 3.8) is 0 Å². The number of anilines is 2. The van der Waals surface area contributed by atoms with Crippen molar-refractivity contribution < 1.29 is 14.3 Å². The number of fused-ring (bicyclic) bond motifs is 1. The third-order valence-electron chi connectivity index (χ3n) is 5.00. The predicted molar refractivity (Wildman–Crippen MR) is 103 cm³/mol. The molecule has 2 aromatic rings. The molecule has 4 rings (SSSR count). The minimum Gasteiger partial charge on any atom is -0.368 e. The monoisotopic (exact) mass is 370 g/mol. The molecule has 5 nitrogen and oxygen atoms in total. The maximum atomic E-state index is 13.0. The lowest BCUT2D eigenvalue weighted by atomic mass is 10.1. The molecule has 1 aliphatic heterocycles. The second-order valence-electron chi connectivity index (χ2n) is 6.82. The van der Waals surface area contributed by atoms with Gasteiger partial charge in [0.2, 0.25) is 0 Å². The quantitative estimate of drug-likeness (QED) is 0.857. The smallest absolute Gasteiger partial charge is 0.258 e. The van der Waals surface area contributed by atoms with Crippen molar-refractivity contribution in [3.05, 3.63) is 45.8 Å². The Labute approximate surface area is 156 Å². The first-order chi connectivity index (χ1) is 12.6. The molecule has 2 amide bonds. The number of nitrogens with one attached hydrogen (secondary N) is 2. The molecule has 0 bridgehead atoms. The first kappa shape index (κ1) is 17.2. The van der Waals surface area contributed by atoms with Gasteiger partial charge in [-0.2, -0.15) is 0 Å². The fraction of sp³-hybridized carbons (Fsp3) is 0.400. The van der Waals surface area contributed by atoms with E-state index in [-0.39, 0.29) is 11.8 Å². The summed E-state index contributed by atoms with van der Waals surface area (Å²) in [5, 5.41) is 6.62. The average Bonchev–Trinajstić information content (AvgIpc) is 3.33. The summed E-state index contributed by atoms with van der Waals surface area (Å²) in [6, 6.07) is 7.71. The number of ether oxygens (including phenoxy) is 1. The molecular weight excluding hydrogens is 348 g/mol. The van der Waals surface area contributed by atoms with E-state index < -0.39 is 6.10 Å². The molecule has 2 heterocycles. The van der Waals surface area contributed by atoms with Gasteiger partial charge in [-0.15, -0.1) is 11.3 Å². The van der Waals surface area contributed by atoms with Crippen molar-refractivity contribution in [1.29, 1.82) is 0 Å². The highest BCUT2D eigenvalue weighted by molar-refractivity contribution is 7.17. The Bertz CT molecular complexity index is 853. The van der Waals surface area contributed by atoms with E-state index in [4.69, 9.17) is 4.74 Å². The Morgan fingerprint density at radius 1 is 1.15 bits per heavy atom. The second-order valence-corrected chi connectivity index (χ2v) is 7.93. The van der Waals surface area contributed by atoms with Crippen LogP contribution in [0.25, 0.3) is 0 Å². The lowest BCUT2D eigenvalue weighted by Gasteiger charge is -2.13. The Balaban J connectivity index is 1.61. The highest BCUT2D eigenvalue weighted by Crippen LogP contribution is 2.39. The van der Waals surface area contributed by atoms with Gasteiger partial charge in [0.1, 0.15) is 11.1 Å². The summed E-state index contributed by atoms with van der Waals surface area (Å²) >= 11 is 1.53. The van der Waals surface area contributed by atoms with E-state index >= 15 is 0 Å². The van der Waals surface area contributed by atoms with Crippen LogP contribution in [0.15, 0.2) is 24.3 Å². The summed E-state index contributed by atoms with van der Waals surface area (Å²) in [6.07, 6.45) is 4.16. The number of rotatable bonds is 4. The maximum absolute atomic E-state index is 13.0. The van der Waals surface area contributed by atoms with Crippen molar-refractivity contribution in [1.82, 2.24) is 0 Å². The highest BCUT2D eigenvalue weighted by atomic mass is 32.1. The third kappa shape index (κ3) is 3.27. The number of aryl methyl sites for hydroxylation is 2. The number of amides is 2. The normalized spacial score (nSPS) is 18.6. The van der Waals surface area contributed by atoms with Gasteiger partial charge in [-0.25, -0.2) is 0 Å². The summed E-state index contributed by atoms with van der Waals surface area (Å²) in [4.78, 5) is 26.7. The highest BCUT2D eigenvalue weighted by Gasteiger charge is 2.30. The van der Waals surface area contributed by atoms with Gasteiger partial charge in [0, 0.05) is 17.2 Å². The molecule has 1 aliphatic carbocycles. The zero-order valence-corrected chi connectivity index (χ0v) is 15.6. The van der Waals surface area contributed by atoms with Gasteiger partial charge in [-0.3, -0.25) is 9.59 Å². The number of hydrogen-bond donors (Lipinski definition) is 2. The molecule has 2 aliphatic rings. The van der Waals surface area contributed by atoms with Gasteiger partial charge in [-0.1, -0.05) is 18.2 Å². The van der Waals surface area contributed by atoms with Crippen molar-refractivity contribution in [2.45, 2.75) is 45.1 Å². The average molecular weight is 370 g/mol. The Morgan fingerprint density at radius 2 is 2.00 bits per heavy atom. The molecule has 1 saturated heterocycles. The van der Waals surface area contributed by atoms with Crippen LogP contribution in [0.1, 0.15) is 45.6 Å². The van der Waals surface area contributed by atoms with Crippen LogP contribution in [-0.2, 0) is 22.4 Å². The lowest BCUT2D eigenvalue weighted by molar-refractivity contribution is -0.124. The number of benzene rings is 1. The second kappa shape index (κ2) is 7.21. The molecule has 0 unspecified atom stereocenters. The SMILES string of the molecule is Cc1ccccc1NC(=O)c1c(NC(=O)[C@H]2CCCO2)sc2c1CCC2. The zero-order valence-electron chi connectivity index (χ0n) is 14.8. The summed E-state index contributed by atoms with van der Waals surface area (Å²) in [6.45, 7) is 2.59. The van der Waals surface area contributed by atoms with E-state index in [0.717, 1.165) is 48.9 Å². The van der Waals surface area contributed by atoms with Crippen LogP contribution >= 0.6 is 11.3 Å². The van der Waals surface area contributed by atoms with Gasteiger partial charge in [-0.05, 0) is 56.2 Å². The molecular formula is C20H22N2O3S. The minimum absolute atomic E-state index is 0.146. The molecule has 0 spiro atoms. The lowest BCUT2D eigenvalue weighted by Crippen LogP contribution is -2.27. The molecule has 136 valence electrons. The van der Waals surface area contributed by atoms with Crippen LogP contribution in [0.5, 0.6) is 0 Å². The van der Waals surface area contributed by atoms with Crippen LogP contribution in [0.3, 0.4) is 0 Å². The number of carbonyl (C=O) groups is 2. The molecule has 6 heteroatoms. The van der Waals surface area contributed by atoms with E-state index in [1.165, 1.54) is 16.2 Å². The molecule has 1 fully saturated rings. The summed E-state index contributed by atoms with van der Waals surface area (Å²) in [7, 11) is 0. The Hall–Kier alpha value is -2.18. The van der Waals surface area contributed by atoms with Crippen molar-refractivity contribution >= 4 is 33.8 Å². The van der Waals surface area contributed by atoms with Gasteiger partial charge in [0.05, 0.1) is 5.56 Å². The van der Waals surface area contributed by atoms with Crippen LogP contribution < -0.4 is 10.6 Å². The molecule has 2 N–H and O–H groups in total. The van der Waals surface area contributed by atoms with E-state index in [9.17, 15) is 9.59 Å². The van der Waals surface area contributed by atoms with Crippen LogP contribution in [0, 0.1) is 6.92 Å². The fourth-order valence-corrected chi connectivity index (χ4v) is 4.90. The van der Waals surface area contributed by atoms with Gasteiger partial charge in [0.25, 0.3) is 11.8 Å². The Morgan fingerprint density at radius 3 is 2.77 bits per heavy atom. The zero-order chi connectivity index (χ0) is 18.1. The maximum Gasteiger partial charge on any atom is 0.258 e. The van der Waals surface area contributed by atoms with Crippen molar-refractivity contribution in [3.8, 4) is 0 Å². The van der Waals surface area contributed by atoms with Gasteiger partial charge < -0.3 is 15.4 Å². The molecule has 1 atom stereocenters. The molecule has 0 saturated carbocycles. The number of carbonyl (C=O) groups excluding carboxylic acids is 2. The number of para-hydroxylation sites is 1. The first-order valence-corrected chi connectivity index (χ1v) is 9.89. The standard InChI is InChI=1S/C20H22N2O3S/c1-12-6-2-3-8-14(12)21-19(24)17-13-7-4-10-16(13)26-20(17)22-18(23)15-9-5-11-25-15/h2-3,6,8,15H,4-5,7,9-11H2,1H3,(H,21,24)(H,22,23)/t15-/m1/s1. The van der Waals surface area contributed by atoms with Crippen molar-refractivity contribution in [2.24, 2.45) is 0 Å². The topological polar surface area (TPSA) is 67.4 Å². The predicted octanol–water partition coefficient (Wildman–Crippen LogP) is 3.92. The van der Waals surface area contributed by atoms with Crippen molar-refractivity contribution in [2.75, 3.05) is 17.2 Å². The molecule has 26 heavy (non-hydrogen) atoms. The van der Waals surface area contributed by atoms with Crippen LogP contribution in [0.4, 0.5) is 10.7 Å². The number of thiophene rings is 1. The first-order valence-electron chi connectivity index (χ1n) is 9.07. The van der Waals surface area contributed by atoms with E-state index in [1.54, 1.807) is 0 Å². The largest absolute Gasteiger partial charge is 0.368 e. The minimum atomic E-state index is -0.404. The van der Waals surface area contributed by atoms with E-state index in [1.807, 2.05) is 31.2 Å². The van der Waals surface area contributed by atoms with Gasteiger partial charge in [0.15, 0.2) is 0 Å². The van der Waals surface area contributed by atoms with E-state index in [0.29, 0.717) is 17.2 Å². The third-order valence-corrected chi connectivity index (χ3v) is 6.21. The summed E-state index contributed by atoms with van der Waals surface area (Å²) in [5.41, 5.74) is 3.52. The molecule has 0 radical (unpaired) electrons. The number of hydrogen-bond acceptors (Lipinski definition) is 4. The fourth-order valence-electron chi connectivity index (χ4n) is 3.61. The van der Waals surface area contributed by atoms with Gasteiger partial charge >= 0.3 is 0 Å². The Kier molecular flexibility index (Phi) is 4.78.